The van der Waals surface area contributed by atoms with E-state index in [1.165, 1.54) is 11.1 Å². The van der Waals surface area contributed by atoms with Crippen molar-refractivity contribution in [2.45, 2.75) is 59.5 Å². The molecule has 176 valence electrons. The summed E-state index contributed by atoms with van der Waals surface area (Å²) in [4.78, 5) is 25.2. The molecule has 0 unspecified atom stereocenters. The van der Waals surface area contributed by atoms with Crippen molar-refractivity contribution in [3.63, 3.8) is 0 Å². The fourth-order valence-corrected chi connectivity index (χ4v) is 3.72. The predicted octanol–water partition coefficient (Wildman–Crippen LogP) is 4.09. The second-order valence-corrected chi connectivity index (χ2v) is 8.98. The summed E-state index contributed by atoms with van der Waals surface area (Å²) < 4.78 is 5.54. The Labute approximate surface area is 205 Å². The maximum Gasteiger partial charge on any atom is 0.410 e. The monoisotopic (exact) mass is 545 g/mol. The number of aryl methyl sites for hydroxylation is 1. The highest BCUT2D eigenvalue weighted by atomic mass is 127. The van der Waals surface area contributed by atoms with Gasteiger partial charge < -0.3 is 19.9 Å². The summed E-state index contributed by atoms with van der Waals surface area (Å²) in [6.45, 7) is 14.0. The molecule has 31 heavy (non-hydrogen) atoms. The van der Waals surface area contributed by atoms with Crippen molar-refractivity contribution in [3.05, 3.63) is 29.6 Å². The predicted molar refractivity (Wildman–Crippen MR) is 137 cm³/mol. The molecule has 0 bridgehead atoms. The standard InChI is InChI=1S/C23H39N5O2.HI/c1-7-27(22(29)30-23(3,4)5)17-19-10-14-28(15-11-19)21(24-6)26-13-9-20-8-12-25-16-18(20)2;/h8,12,16,19H,7,9-11,13-15,17H2,1-6H3,(H,24,26);1H. The first-order valence-corrected chi connectivity index (χ1v) is 11.1. The zero-order valence-electron chi connectivity index (χ0n) is 20.0. The highest BCUT2D eigenvalue weighted by Crippen LogP contribution is 2.20. The molecule has 0 spiro atoms. The van der Waals surface area contributed by atoms with Gasteiger partial charge in [-0.15, -0.1) is 24.0 Å². The third kappa shape index (κ3) is 9.21. The third-order valence-electron chi connectivity index (χ3n) is 5.45. The van der Waals surface area contributed by atoms with Crippen LogP contribution in [0.3, 0.4) is 0 Å². The number of rotatable bonds is 6. The number of aliphatic imine (C=N–C) groups is 1. The molecule has 0 aliphatic carbocycles. The Morgan fingerprint density at radius 3 is 2.58 bits per heavy atom. The van der Waals surface area contributed by atoms with Crippen molar-refractivity contribution in [2.24, 2.45) is 10.9 Å². The summed E-state index contributed by atoms with van der Waals surface area (Å²) in [5, 5.41) is 3.50. The van der Waals surface area contributed by atoms with Crippen LogP contribution in [0.25, 0.3) is 0 Å². The lowest BCUT2D eigenvalue weighted by atomic mass is 9.96. The number of hydrogen-bond acceptors (Lipinski definition) is 4. The van der Waals surface area contributed by atoms with Crippen molar-refractivity contribution in [1.82, 2.24) is 20.1 Å². The number of hydrogen-bond donors (Lipinski definition) is 1. The number of carbonyl (C=O) groups is 1. The van der Waals surface area contributed by atoms with Crippen molar-refractivity contribution in [2.75, 3.05) is 39.8 Å². The number of halogens is 1. The topological polar surface area (TPSA) is 70.1 Å². The molecule has 1 amide bonds. The second-order valence-electron chi connectivity index (χ2n) is 8.98. The SMILES string of the molecule is CCN(CC1CCN(C(=NC)NCCc2ccncc2C)CC1)C(=O)OC(C)(C)C.I. The molecule has 0 saturated carbocycles. The number of aromatic nitrogens is 1. The fourth-order valence-electron chi connectivity index (χ4n) is 3.72. The normalized spacial score (nSPS) is 15.3. The fraction of sp³-hybridized carbons (Fsp3) is 0.696. The van der Waals surface area contributed by atoms with Gasteiger partial charge in [0.05, 0.1) is 0 Å². The minimum atomic E-state index is -0.458. The van der Waals surface area contributed by atoms with Gasteiger partial charge in [-0.1, -0.05) is 0 Å². The van der Waals surface area contributed by atoms with Crippen LogP contribution in [0.1, 0.15) is 51.7 Å². The molecule has 1 N–H and O–H groups in total. The van der Waals surface area contributed by atoms with Crippen LogP contribution >= 0.6 is 24.0 Å². The third-order valence-corrected chi connectivity index (χ3v) is 5.45. The number of piperidine rings is 1. The molecule has 1 aliphatic heterocycles. The van der Waals surface area contributed by atoms with Gasteiger partial charge in [0.2, 0.25) is 0 Å². The summed E-state index contributed by atoms with van der Waals surface area (Å²) in [5.74, 6) is 1.45. The number of guanidine groups is 1. The smallest absolute Gasteiger partial charge is 0.410 e. The Hall–Kier alpha value is -1.58. The van der Waals surface area contributed by atoms with Gasteiger partial charge in [-0.2, -0.15) is 0 Å². The molecule has 2 heterocycles. The Morgan fingerprint density at radius 1 is 1.35 bits per heavy atom. The number of nitrogens with zero attached hydrogens (tertiary/aromatic N) is 4. The lowest BCUT2D eigenvalue weighted by molar-refractivity contribution is 0.0214. The van der Waals surface area contributed by atoms with Crippen molar-refractivity contribution < 1.29 is 9.53 Å². The van der Waals surface area contributed by atoms with E-state index in [2.05, 4.69) is 33.2 Å². The zero-order chi connectivity index (χ0) is 22.1. The summed E-state index contributed by atoms with van der Waals surface area (Å²) in [6, 6.07) is 2.08. The van der Waals surface area contributed by atoms with Crippen molar-refractivity contribution >= 4 is 36.0 Å². The van der Waals surface area contributed by atoms with Gasteiger partial charge in [-0.3, -0.25) is 9.98 Å². The molecule has 8 heteroatoms. The lowest BCUT2D eigenvalue weighted by Crippen LogP contribution is -2.48. The zero-order valence-corrected chi connectivity index (χ0v) is 22.3. The van der Waals surface area contributed by atoms with Crippen molar-refractivity contribution in [3.8, 4) is 0 Å². The van der Waals surface area contributed by atoms with E-state index in [0.717, 1.165) is 51.4 Å². The molecule has 1 saturated heterocycles. The van der Waals surface area contributed by atoms with Gasteiger partial charge in [0.1, 0.15) is 5.60 Å². The number of pyridine rings is 1. The van der Waals surface area contributed by atoms with Gasteiger partial charge in [-0.05, 0) is 77.0 Å². The van der Waals surface area contributed by atoms with Crippen LogP contribution in [0.2, 0.25) is 0 Å². The summed E-state index contributed by atoms with van der Waals surface area (Å²) >= 11 is 0. The van der Waals surface area contributed by atoms with Gasteiger partial charge >= 0.3 is 6.09 Å². The van der Waals surface area contributed by atoms with Crippen LogP contribution in [-0.4, -0.2) is 72.2 Å². The first-order chi connectivity index (χ1) is 14.2. The molecule has 0 aromatic carbocycles. The van der Waals surface area contributed by atoms with Crippen molar-refractivity contribution in [1.29, 1.82) is 0 Å². The van der Waals surface area contributed by atoms with Gasteiger partial charge in [0.25, 0.3) is 0 Å². The minimum Gasteiger partial charge on any atom is -0.444 e. The molecule has 2 rings (SSSR count). The van der Waals surface area contributed by atoms with E-state index in [-0.39, 0.29) is 30.1 Å². The van der Waals surface area contributed by atoms with E-state index in [4.69, 9.17) is 4.74 Å². The Bertz CT molecular complexity index is 712. The molecule has 7 nitrogen and oxygen atoms in total. The first kappa shape index (κ1) is 27.5. The van der Waals surface area contributed by atoms with Gasteiger partial charge in [0.15, 0.2) is 5.96 Å². The number of nitrogens with one attached hydrogen (secondary N) is 1. The highest BCUT2D eigenvalue weighted by Gasteiger charge is 2.27. The molecule has 1 aromatic heterocycles. The van der Waals surface area contributed by atoms with E-state index >= 15 is 0 Å². The van der Waals surface area contributed by atoms with Crippen LogP contribution in [0.15, 0.2) is 23.5 Å². The number of carbonyl (C=O) groups excluding carboxylic acids is 1. The molecule has 1 fully saturated rings. The molecular formula is C23H40IN5O2. The Kier molecular flexibility index (Phi) is 11.6. The molecule has 1 aromatic rings. The summed E-state index contributed by atoms with van der Waals surface area (Å²) in [5.41, 5.74) is 2.08. The largest absolute Gasteiger partial charge is 0.444 e. The van der Waals surface area contributed by atoms with E-state index < -0.39 is 5.60 Å². The van der Waals surface area contributed by atoms with Crippen LogP contribution < -0.4 is 5.32 Å². The highest BCUT2D eigenvalue weighted by molar-refractivity contribution is 14.0. The Morgan fingerprint density at radius 2 is 2.03 bits per heavy atom. The summed E-state index contributed by atoms with van der Waals surface area (Å²) in [6.07, 6.45) is 6.58. The molecular weight excluding hydrogens is 505 g/mol. The quantitative estimate of drug-likeness (QED) is 0.331. The lowest BCUT2D eigenvalue weighted by Gasteiger charge is -2.36. The minimum absolute atomic E-state index is 0. The van der Waals surface area contributed by atoms with E-state index in [1.807, 2.05) is 52.0 Å². The van der Waals surface area contributed by atoms with E-state index in [0.29, 0.717) is 12.5 Å². The molecule has 0 atom stereocenters. The first-order valence-electron chi connectivity index (χ1n) is 11.1. The number of amides is 1. The van der Waals surface area contributed by atoms with E-state index in [1.54, 1.807) is 0 Å². The average molecular weight is 546 g/mol. The number of ether oxygens (including phenoxy) is 1. The van der Waals surface area contributed by atoms with E-state index in [9.17, 15) is 4.79 Å². The maximum absolute atomic E-state index is 12.4. The number of likely N-dealkylation sites (tertiary alicyclic amines) is 1. The molecule has 1 aliphatic rings. The van der Waals surface area contributed by atoms with Crippen LogP contribution in [0.5, 0.6) is 0 Å². The average Bonchev–Trinajstić information content (AvgIpc) is 2.70. The van der Waals surface area contributed by atoms with Gasteiger partial charge in [-0.25, -0.2) is 4.79 Å². The van der Waals surface area contributed by atoms with Crippen LogP contribution in [-0.2, 0) is 11.2 Å². The Balaban J connectivity index is 0.00000480. The molecule has 0 radical (unpaired) electrons. The second kappa shape index (κ2) is 13.1. The summed E-state index contributed by atoms with van der Waals surface area (Å²) in [7, 11) is 1.84. The van der Waals surface area contributed by atoms with Crippen LogP contribution in [0, 0.1) is 12.8 Å². The van der Waals surface area contributed by atoms with Gasteiger partial charge in [0, 0.05) is 52.2 Å². The maximum atomic E-state index is 12.4. The van der Waals surface area contributed by atoms with Crippen LogP contribution in [0.4, 0.5) is 4.79 Å².